The summed E-state index contributed by atoms with van der Waals surface area (Å²) in [6, 6.07) is 3.34. The average Bonchev–Trinajstić information content (AvgIpc) is 2.95. The molecule has 0 aromatic carbocycles. The van der Waals surface area contributed by atoms with E-state index < -0.39 is 15.9 Å². The van der Waals surface area contributed by atoms with Gasteiger partial charge in [0.1, 0.15) is 5.02 Å². The standard InChI is InChI=1S/C19H21ClN4O4S/c1-11(2)10-28-19-15(20)5-12(7-22-19)14-9-24(3)16-6-13(8-21-17(14)16)18(25)23-29(4,26)27/h5-9,11H,10H2,1-4H3,(H,23,25). The van der Waals surface area contributed by atoms with Gasteiger partial charge in [0.05, 0.1) is 29.5 Å². The monoisotopic (exact) mass is 436 g/mol. The SMILES string of the molecule is CC(C)COc1ncc(-c2cn(C)c3cc(C(=O)NS(C)(=O)=O)cnc23)cc1Cl. The molecule has 0 aliphatic rings. The predicted octanol–water partition coefficient (Wildman–Crippen LogP) is 3.01. The number of aromatic nitrogens is 3. The Bertz CT molecular complexity index is 1190. The Kier molecular flexibility index (Phi) is 5.81. The Labute approximate surface area is 173 Å². The van der Waals surface area contributed by atoms with E-state index in [1.807, 2.05) is 24.8 Å². The second-order valence-electron chi connectivity index (χ2n) is 7.16. The van der Waals surface area contributed by atoms with Crippen molar-refractivity contribution in [2.75, 3.05) is 12.9 Å². The van der Waals surface area contributed by atoms with Crippen LogP contribution in [0.4, 0.5) is 0 Å². The fourth-order valence-electron chi connectivity index (χ4n) is 2.74. The van der Waals surface area contributed by atoms with E-state index in [0.29, 0.717) is 34.5 Å². The summed E-state index contributed by atoms with van der Waals surface area (Å²) < 4.78 is 31.9. The number of halogens is 1. The van der Waals surface area contributed by atoms with Gasteiger partial charge in [-0.3, -0.25) is 9.78 Å². The zero-order chi connectivity index (χ0) is 21.3. The van der Waals surface area contributed by atoms with Crippen molar-refractivity contribution < 1.29 is 17.9 Å². The summed E-state index contributed by atoms with van der Waals surface area (Å²) in [5.41, 5.74) is 2.97. The Hall–Kier alpha value is -2.65. The number of nitrogens with one attached hydrogen (secondary N) is 1. The van der Waals surface area contributed by atoms with Gasteiger partial charge < -0.3 is 9.30 Å². The molecular weight excluding hydrogens is 416 g/mol. The summed E-state index contributed by atoms with van der Waals surface area (Å²) in [7, 11) is -1.85. The van der Waals surface area contributed by atoms with Crippen molar-refractivity contribution >= 4 is 38.6 Å². The number of pyridine rings is 2. The van der Waals surface area contributed by atoms with Gasteiger partial charge >= 0.3 is 0 Å². The maximum atomic E-state index is 12.1. The van der Waals surface area contributed by atoms with Crippen LogP contribution < -0.4 is 9.46 Å². The maximum Gasteiger partial charge on any atom is 0.266 e. The van der Waals surface area contributed by atoms with Crippen LogP contribution in [0.15, 0.2) is 30.7 Å². The molecule has 3 heterocycles. The number of rotatable bonds is 6. The largest absolute Gasteiger partial charge is 0.476 e. The van der Waals surface area contributed by atoms with Gasteiger partial charge in [-0.2, -0.15) is 0 Å². The van der Waals surface area contributed by atoms with Crippen molar-refractivity contribution in [2.45, 2.75) is 13.8 Å². The van der Waals surface area contributed by atoms with Gasteiger partial charge in [-0.05, 0) is 18.1 Å². The lowest BCUT2D eigenvalue weighted by molar-refractivity contribution is 0.0981. The molecule has 1 amide bonds. The van der Waals surface area contributed by atoms with Crippen LogP contribution in [-0.2, 0) is 17.1 Å². The molecule has 1 N–H and O–H groups in total. The first-order valence-corrected chi connectivity index (χ1v) is 11.1. The molecule has 0 saturated heterocycles. The van der Waals surface area contributed by atoms with Crippen molar-refractivity contribution in [2.24, 2.45) is 13.0 Å². The Morgan fingerprint density at radius 2 is 2.00 bits per heavy atom. The lowest BCUT2D eigenvalue weighted by Gasteiger charge is -2.10. The molecular formula is C19H21ClN4O4S. The van der Waals surface area contributed by atoms with Crippen LogP contribution in [0.25, 0.3) is 22.2 Å². The molecule has 0 fully saturated rings. The topological polar surface area (TPSA) is 103 Å². The second kappa shape index (κ2) is 8.00. The first kappa shape index (κ1) is 21.1. The highest BCUT2D eigenvalue weighted by Gasteiger charge is 2.17. The number of aryl methyl sites for hydroxylation is 1. The molecule has 8 nitrogen and oxygen atoms in total. The van der Waals surface area contributed by atoms with E-state index in [-0.39, 0.29) is 5.56 Å². The Morgan fingerprint density at radius 1 is 1.28 bits per heavy atom. The number of hydrogen-bond donors (Lipinski definition) is 1. The molecule has 0 spiro atoms. The van der Waals surface area contributed by atoms with E-state index in [9.17, 15) is 13.2 Å². The van der Waals surface area contributed by atoms with Gasteiger partial charge in [0.25, 0.3) is 5.91 Å². The third-order valence-electron chi connectivity index (χ3n) is 4.04. The van der Waals surface area contributed by atoms with Crippen molar-refractivity contribution in [3.63, 3.8) is 0 Å². The molecule has 3 aromatic heterocycles. The summed E-state index contributed by atoms with van der Waals surface area (Å²) in [6.07, 6.45) is 5.75. The van der Waals surface area contributed by atoms with Crippen molar-refractivity contribution in [3.8, 4) is 17.0 Å². The third-order valence-corrected chi connectivity index (χ3v) is 4.86. The Morgan fingerprint density at radius 3 is 2.62 bits per heavy atom. The second-order valence-corrected chi connectivity index (χ2v) is 9.32. The number of nitrogens with zero attached hydrogens (tertiary/aromatic N) is 3. The number of fused-ring (bicyclic) bond motifs is 1. The van der Waals surface area contributed by atoms with Crippen LogP contribution in [0, 0.1) is 5.92 Å². The predicted molar refractivity (Wildman–Crippen MR) is 112 cm³/mol. The fraction of sp³-hybridized carbons (Fsp3) is 0.316. The number of amides is 1. The number of carbonyl (C=O) groups is 1. The average molecular weight is 437 g/mol. The lowest BCUT2D eigenvalue weighted by atomic mass is 10.1. The van der Waals surface area contributed by atoms with Gasteiger partial charge in [0.15, 0.2) is 0 Å². The number of carbonyl (C=O) groups excluding carboxylic acids is 1. The van der Waals surface area contributed by atoms with E-state index in [1.54, 1.807) is 29.9 Å². The van der Waals surface area contributed by atoms with Gasteiger partial charge in [-0.15, -0.1) is 0 Å². The van der Waals surface area contributed by atoms with E-state index in [0.717, 1.165) is 17.4 Å². The lowest BCUT2D eigenvalue weighted by Crippen LogP contribution is -2.29. The zero-order valence-corrected chi connectivity index (χ0v) is 18.0. The number of ether oxygens (including phenoxy) is 1. The highest BCUT2D eigenvalue weighted by molar-refractivity contribution is 7.89. The summed E-state index contributed by atoms with van der Waals surface area (Å²) in [4.78, 5) is 20.8. The van der Waals surface area contributed by atoms with Gasteiger partial charge in [-0.25, -0.2) is 18.1 Å². The molecule has 3 rings (SSSR count). The third kappa shape index (κ3) is 4.86. The summed E-state index contributed by atoms with van der Waals surface area (Å²) >= 11 is 6.32. The van der Waals surface area contributed by atoms with Crippen LogP contribution in [0.1, 0.15) is 24.2 Å². The summed E-state index contributed by atoms with van der Waals surface area (Å²) in [5, 5.41) is 0.393. The summed E-state index contributed by atoms with van der Waals surface area (Å²) in [6.45, 7) is 4.59. The molecule has 0 atom stereocenters. The van der Waals surface area contributed by atoms with Gasteiger partial charge in [-0.1, -0.05) is 25.4 Å². The minimum atomic E-state index is -3.66. The first-order valence-electron chi connectivity index (χ1n) is 8.81. The number of hydrogen-bond acceptors (Lipinski definition) is 6. The molecule has 0 aliphatic carbocycles. The van der Waals surface area contributed by atoms with Crippen LogP contribution >= 0.6 is 11.6 Å². The quantitative estimate of drug-likeness (QED) is 0.637. The van der Waals surface area contributed by atoms with Gasteiger partial charge in [0.2, 0.25) is 15.9 Å². The first-order chi connectivity index (χ1) is 13.5. The van der Waals surface area contributed by atoms with Gasteiger partial charge in [0, 0.05) is 36.8 Å². The molecule has 3 aromatic rings. The van der Waals surface area contributed by atoms with E-state index in [2.05, 4.69) is 9.97 Å². The molecule has 0 unspecified atom stereocenters. The molecule has 0 aliphatic heterocycles. The van der Waals surface area contributed by atoms with E-state index in [4.69, 9.17) is 16.3 Å². The van der Waals surface area contributed by atoms with Crippen LogP contribution in [-0.4, -0.2) is 41.7 Å². The van der Waals surface area contributed by atoms with Crippen LogP contribution in [0.5, 0.6) is 5.88 Å². The van der Waals surface area contributed by atoms with Crippen LogP contribution in [0.3, 0.4) is 0 Å². The van der Waals surface area contributed by atoms with Crippen molar-refractivity contribution in [1.82, 2.24) is 19.3 Å². The maximum absolute atomic E-state index is 12.1. The highest BCUT2D eigenvalue weighted by atomic mass is 35.5. The highest BCUT2D eigenvalue weighted by Crippen LogP contribution is 2.33. The normalized spacial score (nSPS) is 11.8. The smallest absolute Gasteiger partial charge is 0.266 e. The van der Waals surface area contributed by atoms with E-state index >= 15 is 0 Å². The molecule has 154 valence electrons. The molecule has 0 radical (unpaired) electrons. The molecule has 29 heavy (non-hydrogen) atoms. The molecule has 0 bridgehead atoms. The molecule has 0 saturated carbocycles. The minimum Gasteiger partial charge on any atom is -0.476 e. The zero-order valence-electron chi connectivity index (χ0n) is 16.4. The Balaban J connectivity index is 1.97. The number of sulfonamides is 1. The van der Waals surface area contributed by atoms with E-state index in [1.165, 1.54) is 6.20 Å². The van der Waals surface area contributed by atoms with Crippen molar-refractivity contribution in [1.29, 1.82) is 0 Å². The fourth-order valence-corrected chi connectivity index (χ4v) is 3.42. The molecule has 10 heteroatoms. The minimum absolute atomic E-state index is 0.143. The van der Waals surface area contributed by atoms with Crippen LogP contribution in [0.2, 0.25) is 5.02 Å². The summed E-state index contributed by atoms with van der Waals surface area (Å²) in [5.74, 6) is -0.0121. The van der Waals surface area contributed by atoms with Crippen molar-refractivity contribution in [3.05, 3.63) is 41.3 Å².